The summed E-state index contributed by atoms with van der Waals surface area (Å²) in [5.41, 5.74) is -0.643. The molecule has 0 atom stereocenters. The normalized spacial score (nSPS) is 11.3. The number of alkyl halides is 3. The van der Waals surface area contributed by atoms with E-state index >= 15 is 0 Å². The van der Waals surface area contributed by atoms with Crippen molar-refractivity contribution in [1.29, 1.82) is 0 Å². The second-order valence-corrected chi connectivity index (χ2v) is 4.62. The minimum absolute atomic E-state index is 0.121. The first-order chi connectivity index (χ1) is 9.84. The van der Waals surface area contributed by atoms with Gasteiger partial charge < -0.3 is 15.4 Å². The molecule has 0 bridgehead atoms. The summed E-state index contributed by atoms with van der Waals surface area (Å²) in [6, 6.07) is 3.00. The molecule has 1 aromatic rings. The lowest BCUT2D eigenvalue weighted by Crippen LogP contribution is -2.28. The first kappa shape index (κ1) is 17.6. The van der Waals surface area contributed by atoms with Gasteiger partial charge in [0.2, 0.25) is 5.91 Å². The average Bonchev–Trinajstić information content (AvgIpc) is 2.40. The number of carbonyl (C=O) groups is 1. The van der Waals surface area contributed by atoms with Crippen LogP contribution in [0.4, 0.5) is 18.9 Å². The largest absolute Gasteiger partial charge is 0.416 e. The van der Waals surface area contributed by atoms with Crippen LogP contribution >= 0.6 is 11.6 Å². The van der Waals surface area contributed by atoms with E-state index in [1.165, 1.54) is 13.2 Å². The third kappa shape index (κ3) is 6.22. The van der Waals surface area contributed by atoms with Crippen LogP contribution in [0.2, 0.25) is 5.02 Å². The van der Waals surface area contributed by atoms with E-state index in [4.69, 9.17) is 16.3 Å². The van der Waals surface area contributed by atoms with Crippen LogP contribution in [0.25, 0.3) is 0 Å². The van der Waals surface area contributed by atoms with Gasteiger partial charge in [-0.3, -0.25) is 4.79 Å². The van der Waals surface area contributed by atoms with Crippen molar-refractivity contribution in [3.63, 3.8) is 0 Å². The van der Waals surface area contributed by atoms with E-state index in [-0.39, 0.29) is 29.6 Å². The molecule has 0 aliphatic rings. The lowest BCUT2D eigenvalue weighted by Gasteiger charge is -2.12. The molecule has 0 radical (unpaired) electrons. The van der Waals surface area contributed by atoms with Crippen molar-refractivity contribution >= 4 is 23.2 Å². The number of carbonyl (C=O) groups excluding carboxylic acids is 1. The summed E-state index contributed by atoms with van der Waals surface area (Å²) in [7, 11) is 1.52. The van der Waals surface area contributed by atoms with E-state index in [2.05, 4.69) is 10.6 Å². The molecule has 1 amide bonds. The number of amides is 1. The van der Waals surface area contributed by atoms with E-state index < -0.39 is 11.7 Å². The van der Waals surface area contributed by atoms with E-state index in [0.717, 1.165) is 12.1 Å². The summed E-state index contributed by atoms with van der Waals surface area (Å²) in [5.74, 6) is -0.220. The maximum absolute atomic E-state index is 12.6. The zero-order valence-electron chi connectivity index (χ0n) is 11.4. The summed E-state index contributed by atoms with van der Waals surface area (Å²) in [4.78, 5) is 11.4. The van der Waals surface area contributed by atoms with Gasteiger partial charge in [0.25, 0.3) is 0 Å². The van der Waals surface area contributed by atoms with Crippen molar-refractivity contribution in [2.45, 2.75) is 12.6 Å². The lowest BCUT2D eigenvalue weighted by molar-refractivity contribution is -0.137. The molecule has 0 aromatic heterocycles. The maximum atomic E-state index is 12.6. The molecule has 0 aliphatic heterocycles. The van der Waals surface area contributed by atoms with Crippen LogP contribution < -0.4 is 10.6 Å². The topological polar surface area (TPSA) is 50.4 Å². The Kier molecular flexibility index (Phi) is 6.77. The van der Waals surface area contributed by atoms with Crippen LogP contribution in [0.15, 0.2) is 18.2 Å². The molecule has 0 fully saturated rings. The zero-order valence-corrected chi connectivity index (χ0v) is 12.1. The molecular weight excluding hydrogens is 309 g/mol. The van der Waals surface area contributed by atoms with E-state index in [0.29, 0.717) is 13.2 Å². The summed E-state index contributed by atoms with van der Waals surface area (Å²) in [5, 5.41) is 5.50. The summed E-state index contributed by atoms with van der Waals surface area (Å²) in [6.45, 7) is 0.970. The smallest absolute Gasteiger partial charge is 0.383 e. The Bertz CT molecular complexity index is 481. The Balaban J connectivity index is 2.50. The number of anilines is 1. The number of ether oxygens (including phenoxy) is 1. The molecule has 1 rings (SSSR count). The summed E-state index contributed by atoms with van der Waals surface area (Å²) < 4.78 is 42.5. The van der Waals surface area contributed by atoms with Gasteiger partial charge in [-0.15, -0.1) is 0 Å². The highest BCUT2D eigenvalue weighted by molar-refractivity contribution is 6.33. The SMILES string of the molecule is COCCNC(=O)CCNc1cc(C(F)(F)F)ccc1Cl. The molecule has 21 heavy (non-hydrogen) atoms. The van der Waals surface area contributed by atoms with E-state index in [1.54, 1.807) is 0 Å². The molecule has 0 saturated carbocycles. The molecule has 0 heterocycles. The Morgan fingerprint density at radius 3 is 2.67 bits per heavy atom. The van der Waals surface area contributed by atoms with Crippen LogP contribution in [0.1, 0.15) is 12.0 Å². The molecular formula is C13H16ClF3N2O2. The predicted molar refractivity (Wildman–Crippen MR) is 74.4 cm³/mol. The predicted octanol–water partition coefficient (Wildman–Crippen LogP) is 2.92. The van der Waals surface area contributed by atoms with Crippen LogP contribution in [0.5, 0.6) is 0 Å². The van der Waals surface area contributed by atoms with E-state index in [1.807, 2.05) is 0 Å². The minimum Gasteiger partial charge on any atom is -0.383 e. The van der Waals surface area contributed by atoms with Crippen LogP contribution in [0.3, 0.4) is 0 Å². The van der Waals surface area contributed by atoms with Crippen LogP contribution in [-0.2, 0) is 15.7 Å². The standard InChI is InChI=1S/C13H16ClF3N2O2/c1-21-7-6-19-12(20)4-5-18-11-8-9(13(15,16)17)2-3-10(11)14/h2-3,8,18H,4-7H2,1H3,(H,19,20). The Morgan fingerprint density at radius 1 is 1.33 bits per heavy atom. The first-order valence-electron chi connectivity index (χ1n) is 6.21. The first-order valence-corrected chi connectivity index (χ1v) is 6.58. The highest BCUT2D eigenvalue weighted by Crippen LogP contribution is 2.33. The van der Waals surface area contributed by atoms with Gasteiger partial charge in [0, 0.05) is 26.6 Å². The highest BCUT2D eigenvalue weighted by Gasteiger charge is 2.30. The number of hydrogen-bond donors (Lipinski definition) is 2. The number of rotatable bonds is 7. The molecule has 4 nitrogen and oxygen atoms in total. The molecule has 0 aliphatic carbocycles. The molecule has 8 heteroatoms. The Hall–Kier alpha value is -1.47. The third-order valence-electron chi connectivity index (χ3n) is 2.59. The number of nitrogens with one attached hydrogen (secondary N) is 2. The van der Waals surface area contributed by atoms with Gasteiger partial charge >= 0.3 is 6.18 Å². The summed E-state index contributed by atoms with van der Waals surface area (Å²) >= 11 is 5.82. The van der Waals surface area contributed by atoms with Crippen molar-refractivity contribution in [2.24, 2.45) is 0 Å². The second-order valence-electron chi connectivity index (χ2n) is 4.21. The fraction of sp³-hybridized carbons (Fsp3) is 0.462. The molecule has 1 aromatic carbocycles. The van der Waals surface area contributed by atoms with E-state index in [9.17, 15) is 18.0 Å². The fourth-order valence-electron chi connectivity index (χ4n) is 1.53. The maximum Gasteiger partial charge on any atom is 0.416 e. The Morgan fingerprint density at radius 2 is 2.05 bits per heavy atom. The molecule has 0 spiro atoms. The quantitative estimate of drug-likeness (QED) is 0.758. The number of hydrogen-bond acceptors (Lipinski definition) is 3. The van der Waals surface area contributed by atoms with Crippen molar-refractivity contribution in [3.05, 3.63) is 28.8 Å². The fourth-order valence-corrected chi connectivity index (χ4v) is 1.71. The van der Waals surface area contributed by atoms with Gasteiger partial charge in [0.15, 0.2) is 0 Å². The van der Waals surface area contributed by atoms with Gasteiger partial charge in [-0.2, -0.15) is 13.2 Å². The van der Waals surface area contributed by atoms with Crippen molar-refractivity contribution < 1.29 is 22.7 Å². The molecule has 0 unspecified atom stereocenters. The van der Waals surface area contributed by atoms with Gasteiger partial charge in [0.05, 0.1) is 22.9 Å². The number of halogens is 4. The van der Waals surface area contributed by atoms with Crippen molar-refractivity contribution in [1.82, 2.24) is 5.32 Å². The Labute approximate surface area is 125 Å². The van der Waals surface area contributed by atoms with Crippen molar-refractivity contribution in [2.75, 3.05) is 32.1 Å². The monoisotopic (exact) mass is 324 g/mol. The molecule has 118 valence electrons. The second kappa shape index (κ2) is 8.09. The molecule has 2 N–H and O–H groups in total. The van der Waals surface area contributed by atoms with Gasteiger partial charge in [-0.1, -0.05) is 11.6 Å². The lowest BCUT2D eigenvalue weighted by atomic mass is 10.2. The highest BCUT2D eigenvalue weighted by atomic mass is 35.5. The van der Waals surface area contributed by atoms with Gasteiger partial charge in [-0.05, 0) is 18.2 Å². The molecule has 0 saturated heterocycles. The number of benzene rings is 1. The minimum atomic E-state index is -4.43. The third-order valence-corrected chi connectivity index (χ3v) is 2.92. The summed E-state index contributed by atoms with van der Waals surface area (Å²) in [6.07, 6.45) is -4.31. The van der Waals surface area contributed by atoms with Gasteiger partial charge in [0.1, 0.15) is 0 Å². The zero-order chi connectivity index (χ0) is 15.9. The van der Waals surface area contributed by atoms with Crippen LogP contribution in [-0.4, -0.2) is 32.7 Å². The van der Waals surface area contributed by atoms with Crippen molar-refractivity contribution in [3.8, 4) is 0 Å². The van der Waals surface area contributed by atoms with Gasteiger partial charge in [-0.25, -0.2) is 0 Å². The van der Waals surface area contributed by atoms with Crippen LogP contribution in [0, 0.1) is 0 Å². The number of methoxy groups -OCH3 is 1. The average molecular weight is 325 g/mol.